The number of hydrogen-bond acceptors (Lipinski definition) is 4. The molecule has 0 aliphatic carbocycles. The lowest BCUT2D eigenvalue weighted by atomic mass is 10.3. The fourth-order valence-corrected chi connectivity index (χ4v) is 1.79. The van der Waals surface area contributed by atoms with Gasteiger partial charge in [0.05, 0.1) is 15.1 Å². The summed E-state index contributed by atoms with van der Waals surface area (Å²) in [5.41, 5.74) is 0. The summed E-state index contributed by atoms with van der Waals surface area (Å²) in [6, 6.07) is 2.81. The lowest BCUT2D eigenvalue weighted by Crippen LogP contribution is -2.32. The lowest BCUT2D eigenvalue weighted by Gasteiger charge is -2.16. The summed E-state index contributed by atoms with van der Waals surface area (Å²) in [6.07, 6.45) is -0.949. The number of nitrogens with zero attached hydrogens (tertiary/aromatic N) is 1. The molecule has 1 atom stereocenters. The van der Waals surface area contributed by atoms with Crippen molar-refractivity contribution in [2.24, 2.45) is 0 Å². The largest absolute Gasteiger partial charge is 0.477 e. The van der Waals surface area contributed by atoms with Gasteiger partial charge in [0.15, 0.2) is 12.7 Å². The topological polar surface area (TPSA) is 55.8 Å². The molecule has 0 fully saturated rings. The van der Waals surface area contributed by atoms with Crippen LogP contribution in [0.3, 0.4) is 0 Å². The predicted molar refractivity (Wildman–Crippen MR) is 81.2 cm³/mol. The molecule has 0 saturated carbocycles. The highest BCUT2D eigenvalue weighted by Crippen LogP contribution is 2.34. The van der Waals surface area contributed by atoms with E-state index in [2.05, 4.69) is 0 Å². The van der Waals surface area contributed by atoms with E-state index in [9.17, 15) is 9.59 Å². The van der Waals surface area contributed by atoms with E-state index in [1.165, 1.54) is 24.0 Å². The Hall–Kier alpha value is -1.17. The second kappa shape index (κ2) is 7.73. The Balaban J connectivity index is 2.64. The minimum atomic E-state index is -0.949. The van der Waals surface area contributed by atoms with Crippen LogP contribution in [0.2, 0.25) is 15.1 Å². The van der Waals surface area contributed by atoms with Crippen molar-refractivity contribution in [3.05, 3.63) is 27.2 Å². The van der Waals surface area contributed by atoms with Crippen LogP contribution < -0.4 is 4.74 Å². The first-order valence-corrected chi connectivity index (χ1v) is 7.03. The standard InChI is InChI=1S/C13H14Cl3NO4/c1-7(13(19)20-6-12(18)17(2)3)21-11-5-9(15)8(14)4-10(11)16/h4-5,7H,6H2,1-3H3/t7-/m1/s1. The normalized spacial score (nSPS) is 11.7. The second-order valence-corrected chi connectivity index (χ2v) is 5.57. The average molecular weight is 355 g/mol. The molecule has 0 spiro atoms. The number of carbonyl (C=O) groups is 2. The van der Waals surface area contributed by atoms with Crippen molar-refractivity contribution in [3.8, 4) is 5.75 Å². The average Bonchev–Trinajstić information content (AvgIpc) is 2.41. The van der Waals surface area contributed by atoms with Gasteiger partial charge in [0.25, 0.3) is 5.91 Å². The van der Waals surface area contributed by atoms with Crippen molar-refractivity contribution >= 4 is 46.7 Å². The zero-order valence-electron chi connectivity index (χ0n) is 11.7. The van der Waals surface area contributed by atoms with Gasteiger partial charge in [-0.2, -0.15) is 0 Å². The number of amides is 1. The summed E-state index contributed by atoms with van der Waals surface area (Å²) in [4.78, 5) is 24.4. The Labute approximate surface area is 137 Å². The van der Waals surface area contributed by atoms with Gasteiger partial charge < -0.3 is 14.4 Å². The molecule has 0 aliphatic heterocycles. The molecule has 1 rings (SSSR count). The summed E-state index contributed by atoms with van der Waals surface area (Å²) in [5, 5.41) is 0.744. The Bertz CT molecular complexity index is 548. The molecule has 0 aromatic heterocycles. The Kier molecular flexibility index (Phi) is 6.58. The van der Waals surface area contributed by atoms with E-state index in [0.29, 0.717) is 0 Å². The molecule has 116 valence electrons. The van der Waals surface area contributed by atoms with Gasteiger partial charge in [-0.05, 0) is 13.0 Å². The van der Waals surface area contributed by atoms with Gasteiger partial charge in [0.1, 0.15) is 5.75 Å². The number of hydrogen-bond donors (Lipinski definition) is 0. The number of likely N-dealkylation sites (N-methyl/N-ethyl adjacent to an activating group) is 1. The van der Waals surface area contributed by atoms with Gasteiger partial charge in [-0.3, -0.25) is 4.79 Å². The Morgan fingerprint density at radius 2 is 1.71 bits per heavy atom. The Morgan fingerprint density at radius 1 is 1.14 bits per heavy atom. The van der Waals surface area contributed by atoms with E-state index >= 15 is 0 Å². The van der Waals surface area contributed by atoms with E-state index in [0.717, 1.165) is 0 Å². The zero-order chi connectivity index (χ0) is 16.2. The number of esters is 1. The molecule has 8 heteroatoms. The Morgan fingerprint density at radius 3 is 2.29 bits per heavy atom. The molecule has 0 aliphatic rings. The highest BCUT2D eigenvalue weighted by Gasteiger charge is 2.20. The van der Waals surface area contributed by atoms with Crippen molar-refractivity contribution < 1.29 is 19.1 Å². The van der Waals surface area contributed by atoms with Crippen LogP contribution in [0.15, 0.2) is 12.1 Å². The predicted octanol–water partition coefficient (Wildman–Crippen LogP) is 3.05. The summed E-state index contributed by atoms with van der Waals surface area (Å²) < 4.78 is 10.2. The molecule has 0 saturated heterocycles. The van der Waals surface area contributed by atoms with E-state index in [1.807, 2.05) is 0 Å². The van der Waals surface area contributed by atoms with Crippen LogP contribution in [-0.4, -0.2) is 43.6 Å². The molecule has 1 aromatic rings. The molecular formula is C13H14Cl3NO4. The molecule has 1 aromatic carbocycles. The van der Waals surface area contributed by atoms with Crippen LogP contribution in [-0.2, 0) is 14.3 Å². The third-order valence-electron chi connectivity index (χ3n) is 2.45. The second-order valence-electron chi connectivity index (χ2n) is 4.35. The number of carbonyl (C=O) groups excluding carboxylic acids is 2. The number of rotatable bonds is 5. The van der Waals surface area contributed by atoms with Crippen LogP contribution >= 0.6 is 34.8 Å². The van der Waals surface area contributed by atoms with Gasteiger partial charge in [-0.1, -0.05) is 34.8 Å². The van der Waals surface area contributed by atoms with Crippen LogP contribution in [0.4, 0.5) is 0 Å². The van der Waals surface area contributed by atoms with Crippen LogP contribution in [0.1, 0.15) is 6.92 Å². The maximum Gasteiger partial charge on any atom is 0.347 e. The molecule has 1 amide bonds. The highest BCUT2D eigenvalue weighted by molar-refractivity contribution is 6.43. The summed E-state index contributed by atoms with van der Waals surface area (Å²) in [6.45, 7) is 1.12. The van der Waals surface area contributed by atoms with Crippen molar-refractivity contribution in [2.75, 3.05) is 20.7 Å². The van der Waals surface area contributed by atoms with Gasteiger partial charge in [0.2, 0.25) is 0 Å². The first-order chi connectivity index (χ1) is 9.72. The molecule has 5 nitrogen and oxygen atoms in total. The number of halogens is 3. The zero-order valence-corrected chi connectivity index (χ0v) is 13.9. The molecule has 0 unspecified atom stereocenters. The summed E-state index contributed by atoms with van der Waals surface area (Å²) in [5.74, 6) is -0.815. The first-order valence-electron chi connectivity index (χ1n) is 5.90. The van der Waals surface area contributed by atoms with Gasteiger partial charge in [-0.15, -0.1) is 0 Å². The third kappa shape index (κ3) is 5.26. The molecule has 21 heavy (non-hydrogen) atoms. The van der Waals surface area contributed by atoms with Gasteiger partial charge >= 0.3 is 5.97 Å². The quantitative estimate of drug-likeness (QED) is 0.602. The van der Waals surface area contributed by atoms with Gasteiger partial charge in [-0.25, -0.2) is 4.79 Å². The van der Waals surface area contributed by atoms with E-state index in [4.69, 9.17) is 44.3 Å². The molecule has 0 radical (unpaired) electrons. The van der Waals surface area contributed by atoms with Crippen molar-refractivity contribution in [1.29, 1.82) is 0 Å². The molecule has 0 bridgehead atoms. The first kappa shape index (κ1) is 17.9. The number of benzene rings is 1. The van der Waals surface area contributed by atoms with Crippen LogP contribution in [0, 0.1) is 0 Å². The van der Waals surface area contributed by atoms with Crippen molar-refractivity contribution in [3.63, 3.8) is 0 Å². The fraction of sp³-hybridized carbons (Fsp3) is 0.385. The van der Waals surface area contributed by atoms with E-state index in [1.54, 1.807) is 14.1 Å². The fourth-order valence-electron chi connectivity index (χ4n) is 1.21. The number of ether oxygens (including phenoxy) is 2. The smallest absolute Gasteiger partial charge is 0.347 e. The minimum Gasteiger partial charge on any atom is -0.477 e. The lowest BCUT2D eigenvalue weighted by molar-refractivity contribution is -0.156. The maximum absolute atomic E-state index is 11.7. The third-order valence-corrected chi connectivity index (χ3v) is 3.46. The monoisotopic (exact) mass is 353 g/mol. The van der Waals surface area contributed by atoms with Crippen LogP contribution in [0.25, 0.3) is 0 Å². The van der Waals surface area contributed by atoms with Crippen molar-refractivity contribution in [2.45, 2.75) is 13.0 Å². The van der Waals surface area contributed by atoms with Gasteiger partial charge in [0, 0.05) is 20.2 Å². The maximum atomic E-state index is 11.7. The van der Waals surface area contributed by atoms with Crippen LogP contribution in [0.5, 0.6) is 5.75 Å². The highest BCUT2D eigenvalue weighted by atomic mass is 35.5. The molecular weight excluding hydrogens is 341 g/mol. The van der Waals surface area contributed by atoms with E-state index < -0.39 is 12.1 Å². The van der Waals surface area contributed by atoms with E-state index in [-0.39, 0.29) is 33.3 Å². The summed E-state index contributed by atoms with van der Waals surface area (Å²) >= 11 is 17.6. The minimum absolute atomic E-state index is 0.203. The molecule has 0 heterocycles. The summed E-state index contributed by atoms with van der Waals surface area (Å²) in [7, 11) is 3.12. The molecule has 0 N–H and O–H groups in total. The SMILES string of the molecule is C[C@@H](Oc1cc(Cl)c(Cl)cc1Cl)C(=O)OCC(=O)N(C)C. The van der Waals surface area contributed by atoms with Crippen molar-refractivity contribution in [1.82, 2.24) is 4.90 Å².